The van der Waals surface area contributed by atoms with E-state index in [1.54, 1.807) is 6.92 Å². The van der Waals surface area contributed by atoms with Gasteiger partial charge in [0.2, 0.25) is 0 Å². The van der Waals surface area contributed by atoms with E-state index in [0.717, 1.165) is 53.9 Å². The molecule has 1 aromatic carbocycles. The van der Waals surface area contributed by atoms with Crippen LogP contribution >= 0.6 is 0 Å². The molecular weight excluding hydrogens is 354 g/mol. The van der Waals surface area contributed by atoms with Crippen LogP contribution < -0.4 is 5.32 Å². The van der Waals surface area contributed by atoms with Gasteiger partial charge in [0.25, 0.3) is 5.91 Å². The molecule has 0 saturated carbocycles. The zero-order chi connectivity index (χ0) is 19.1. The molecule has 0 atom stereocenters. The summed E-state index contributed by atoms with van der Waals surface area (Å²) in [4.78, 5) is 12.7. The molecule has 2 aromatic heterocycles. The van der Waals surface area contributed by atoms with E-state index in [1.807, 2.05) is 6.92 Å². The summed E-state index contributed by atoms with van der Waals surface area (Å²) in [5.41, 5.74) is 4.00. The number of carbonyl (C=O) groups excluding carboxylic acids is 1. The summed E-state index contributed by atoms with van der Waals surface area (Å²) in [6.07, 6.45) is 2.35. The van der Waals surface area contributed by atoms with Crippen molar-refractivity contribution in [2.75, 3.05) is 0 Å². The molecule has 1 amide bonds. The smallest absolute Gasteiger partial charge is 0.272 e. The SMILES string of the molecule is Cc1noc(C)c1CNC(=O)c1nn(-c2ccc(F)c(F)c2)c2c1CCC2. The number of amides is 1. The van der Waals surface area contributed by atoms with Crippen molar-refractivity contribution in [1.82, 2.24) is 20.3 Å². The van der Waals surface area contributed by atoms with Crippen LogP contribution in [0.1, 0.15) is 45.2 Å². The van der Waals surface area contributed by atoms with E-state index < -0.39 is 11.6 Å². The fourth-order valence-corrected chi connectivity index (χ4v) is 3.46. The number of halogens is 2. The average molecular weight is 372 g/mol. The Bertz CT molecular complexity index is 1020. The molecule has 2 heterocycles. The molecule has 0 unspecified atom stereocenters. The Morgan fingerprint density at radius 2 is 2.07 bits per heavy atom. The molecule has 1 N–H and O–H groups in total. The molecule has 0 aliphatic heterocycles. The summed E-state index contributed by atoms with van der Waals surface area (Å²) in [5, 5.41) is 11.1. The van der Waals surface area contributed by atoms with Crippen LogP contribution in [0.3, 0.4) is 0 Å². The van der Waals surface area contributed by atoms with Gasteiger partial charge in [0.1, 0.15) is 5.76 Å². The highest BCUT2D eigenvalue weighted by Gasteiger charge is 2.27. The van der Waals surface area contributed by atoms with E-state index >= 15 is 0 Å². The number of hydrogen-bond donors (Lipinski definition) is 1. The van der Waals surface area contributed by atoms with E-state index in [9.17, 15) is 13.6 Å². The second-order valence-corrected chi connectivity index (χ2v) is 6.62. The van der Waals surface area contributed by atoms with Gasteiger partial charge in [-0.25, -0.2) is 13.5 Å². The summed E-state index contributed by atoms with van der Waals surface area (Å²) in [6, 6.07) is 3.60. The third-order valence-electron chi connectivity index (χ3n) is 4.90. The van der Waals surface area contributed by atoms with Gasteiger partial charge in [0, 0.05) is 29.4 Å². The van der Waals surface area contributed by atoms with Gasteiger partial charge in [-0.15, -0.1) is 0 Å². The molecule has 1 aliphatic rings. The number of nitrogens with zero attached hydrogens (tertiary/aromatic N) is 3. The Hall–Kier alpha value is -3.03. The van der Waals surface area contributed by atoms with E-state index in [-0.39, 0.29) is 12.5 Å². The predicted octanol–water partition coefficient (Wildman–Crippen LogP) is 3.17. The maximum absolute atomic E-state index is 13.6. The van der Waals surface area contributed by atoms with Gasteiger partial charge in [-0.05, 0) is 45.2 Å². The van der Waals surface area contributed by atoms with Crippen molar-refractivity contribution in [1.29, 1.82) is 0 Å². The number of fused-ring (bicyclic) bond motifs is 1. The normalized spacial score (nSPS) is 13.0. The molecular formula is C19H18F2N4O2. The van der Waals surface area contributed by atoms with Gasteiger partial charge < -0.3 is 9.84 Å². The Morgan fingerprint density at radius 1 is 1.26 bits per heavy atom. The first-order valence-corrected chi connectivity index (χ1v) is 8.72. The monoisotopic (exact) mass is 372 g/mol. The number of aromatic nitrogens is 3. The standard InChI is InChI=1S/C19H18F2N4O2/c1-10-14(11(2)27-24-10)9-22-19(26)18-13-4-3-5-17(13)25(23-18)12-6-7-15(20)16(21)8-12/h6-8H,3-5,9H2,1-2H3,(H,22,26). The van der Waals surface area contributed by atoms with Crippen LogP contribution in [-0.4, -0.2) is 20.8 Å². The van der Waals surface area contributed by atoms with Crippen molar-refractivity contribution in [2.45, 2.75) is 39.7 Å². The summed E-state index contributed by atoms with van der Waals surface area (Å²) < 4.78 is 33.5. The fourth-order valence-electron chi connectivity index (χ4n) is 3.46. The Kier molecular flexibility index (Phi) is 4.25. The van der Waals surface area contributed by atoms with Gasteiger partial charge in [0.05, 0.1) is 11.4 Å². The van der Waals surface area contributed by atoms with Crippen LogP contribution in [0.4, 0.5) is 8.78 Å². The molecule has 27 heavy (non-hydrogen) atoms. The molecule has 0 bridgehead atoms. The minimum absolute atomic E-state index is 0.285. The van der Waals surface area contributed by atoms with E-state index in [4.69, 9.17) is 4.52 Å². The third-order valence-corrected chi connectivity index (χ3v) is 4.90. The second kappa shape index (κ2) is 6.61. The van der Waals surface area contributed by atoms with Crippen molar-refractivity contribution in [3.05, 3.63) is 63.8 Å². The minimum Gasteiger partial charge on any atom is -0.361 e. The second-order valence-electron chi connectivity index (χ2n) is 6.62. The van der Waals surface area contributed by atoms with Crippen LogP contribution in [0.25, 0.3) is 5.69 Å². The van der Waals surface area contributed by atoms with Crippen LogP contribution in [0.15, 0.2) is 22.7 Å². The lowest BCUT2D eigenvalue weighted by molar-refractivity contribution is 0.0944. The van der Waals surface area contributed by atoms with Crippen molar-refractivity contribution in [2.24, 2.45) is 0 Å². The number of hydrogen-bond acceptors (Lipinski definition) is 4. The largest absolute Gasteiger partial charge is 0.361 e. The molecule has 0 spiro atoms. The predicted molar refractivity (Wildman–Crippen MR) is 92.7 cm³/mol. The summed E-state index contributed by atoms with van der Waals surface area (Å²) in [7, 11) is 0. The zero-order valence-corrected chi connectivity index (χ0v) is 15.0. The minimum atomic E-state index is -0.945. The molecule has 6 nitrogen and oxygen atoms in total. The van der Waals surface area contributed by atoms with Gasteiger partial charge in [0.15, 0.2) is 17.3 Å². The molecule has 3 aromatic rings. The molecule has 140 valence electrons. The highest BCUT2D eigenvalue weighted by atomic mass is 19.2. The van der Waals surface area contributed by atoms with Crippen LogP contribution in [0.2, 0.25) is 0 Å². The number of aryl methyl sites for hydroxylation is 2. The maximum atomic E-state index is 13.6. The molecule has 0 radical (unpaired) electrons. The first kappa shape index (κ1) is 17.4. The lowest BCUT2D eigenvalue weighted by atomic mass is 10.1. The van der Waals surface area contributed by atoms with Crippen LogP contribution in [0, 0.1) is 25.5 Å². The molecule has 1 aliphatic carbocycles. The molecule has 8 heteroatoms. The fraction of sp³-hybridized carbons (Fsp3) is 0.316. The maximum Gasteiger partial charge on any atom is 0.272 e. The molecule has 0 saturated heterocycles. The summed E-state index contributed by atoms with van der Waals surface area (Å²) in [5.74, 6) is -1.51. The third kappa shape index (κ3) is 3.01. The zero-order valence-electron chi connectivity index (χ0n) is 15.0. The first-order valence-electron chi connectivity index (χ1n) is 8.72. The van der Waals surface area contributed by atoms with Crippen LogP contribution in [-0.2, 0) is 19.4 Å². The van der Waals surface area contributed by atoms with Crippen molar-refractivity contribution in [3.63, 3.8) is 0 Å². The Labute approximate surface area is 154 Å². The van der Waals surface area contributed by atoms with Crippen molar-refractivity contribution in [3.8, 4) is 5.69 Å². The van der Waals surface area contributed by atoms with Gasteiger partial charge in [-0.1, -0.05) is 5.16 Å². The Balaban J connectivity index is 1.64. The van der Waals surface area contributed by atoms with Gasteiger partial charge in [-0.3, -0.25) is 4.79 Å². The van der Waals surface area contributed by atoms with E-state index in [1.165, 1.54) is 10.7 Å². The number of rotatable bonds is 4. The number of benzene rings is 1. The highest BCUT2D eigenvalue weighted by molar-refractivity contribution is 5.94. The average Bonchev–Trinajstić information content (AvgIpc) is 3.32. The topological polar surface area (TPSA) is 73.0 Å². The molecule has 4 rings (SSSR count). The summed E-state index contributed by atoms with van der Waals surface area (Å²) >= 11 is 0. The molecule has 0 fully saturated rings. The first-order chi connectivity index (χ1) is 13.0. The lowest BCUT2D eigenvalue weighted by Crippen LogP contribution is -2.25. The highest BCUT2D eigenvalue weighted by Crippen LogP contribution is 2.28. The van der Waals surface area contributed by atoms with Gasteiger partial charge in [-0.2, -0.15) is 5.10 Å². The Morgan fingerprint density at radius 3 is 2.78 bits per heavy atom. The van der Waals surface area contributed by atoms with Crippen molar-refractivity contribution >= 4 is 5.91 Å². The summed E-state index contributed by atoms with van der Waals surface area (Å²) in [6.45, 7) is 3.89. The number of nitrogens with one attached hydrogen (secondary N) is 1. The van der Waals surface area contributed by atoms with Crippen LogP contribution in [0.5, 0.6) is 0 Å². The van der Waals surface area contributed by atoms with Gasteiger partial charge >= 0.3 is 0 Å². The lowest BCUT2D eigenvalue weighted by Gasteiger charge is -2.06. The van der Waals surface area contributed by atoms with E-state index in [2.05, 4.69) is 15.6 Å². The number of carbonyl (C=O) groups is 1. The quantitative estimate of drug-likeness (QED) is 0.763. The van der Waals surface area contributed by atoms with Crippen molar-refractivity contribution < 1.29 is 18.1 Å². The van der Waals surface area contributed by atoms with E-state index in [0.29, 0.717) is 17.1 Å².